The second-order valence-electron chi connectivity index (χ2n) is 6.49. The van der Waals surface area contributed by atoms with Crippen LogP contribution in [0.1, 0.15) is 16.8 Å². The van der Waals surface area contributed by atoms with Gasteiger partial charge in [-0.3, -0.25) is 9.69 Å². The first-order valence-corrected chi connectivity index (χ1v) is 9.38. The fourth-order valence-electron chi connectivity index (χ4n) is 3.23. The van der Waals surface area contributed by atoms with E-state index in [1.807, 2.05) is 11.0 Å². The molecule has 4 nitrogen and oxygen atoms in total. The Balaban J connectivity index is 1.40. The first-order chi connectivity index (χ1) is 13.1. The van der Waals surface area contributed by atoms with E-state index < -0.39 is 11.7 Å². The van der Waals surface area contributed by atoms with Gasteiger partial charge in [0.25, 0.3) is 5.91 Å². The molecule has 0 unspecified atom stereocenters. The molecule has 144 valence electrons. The zero-order valence-corrected chi connectivity index (χ0v) is 15.7. The molecule has 27 heavy (non-hydrogen) atoms. The highest BCUT2D eigenvalue weighted by Gasteiger charge is 2.19. The molecule has 0 spiro atoms. The van der Waals surface area contributed by atoms with Crippen LogP contribution in [-0.4, -0.2) is 50.1 Å². The summed E-state index contributed by atoms with van der Waals surface area (Å²) in [5.41, 5.74) is 0.531. The Bertz CT molecular complexity index is 774. The fraction of sp³-hybridized carbons (Fsp3) is 0.350. The van der Waals surface area contributed by atoms with Crippen LogP contribution < -0.4 is 10.2 Å². The highest BCUT2D eigenvalue weighted by molar-refractivity contribution is 6.33. The molecule has 1 N–H and O–H groups in total. The molecule has 0 aliphatic carbocycles. The number of para-hydroxylation sites is 1. The Morgan fingerprint density at radius 2 is 1.70 bits per heavy atom. The van der Waals surface area contributed by atoms with Gasteiger partial charge in [0, 0.05) is 32.7 Å². The van der Waals surface area contributed by atoms with Gasteiger partial charge in [0.05, 0.1) is 16.3 Å². The Morgan fingerprint density at radius 1 is 1.00 bits per heavy atom. The van der Waals surface area contributed by atoms with Gasteiger partial charge in [-0.2, -0.15) is 0 Å². The standard InChI is InChI=1S/C20H22ClF2N3O/c21-15-5-3-7-17(23)19(15)20(27)24-9-4-10-25-11-13-26(14-12-25)18-8-2-1-6-16(18)22/h1-3,5-8H,4,9-14H2,(H,24,27). The van der Waals surface area contributed by atoms with Gasteiger partial charge in [-0.25, -0.2) is 8.78 Å². The predicted octanol–water partition coefficient (Wildman–Crippen LogP) is 3.56. The van der Waals surface area contributed by atoms with Gasteiger partial charge in [0.15, 0.2) is 0 Å². The third-order valence-corrected chi connectivity index (χ3v) is 5.01. The lowest BCUT2D eigenvalue weighted by atomic mass is 10.2. The summed E-state index contributed by atoms with van der Waals surface area (Å²) in [5, 5.41) is 2.82. The van der Waals surface area contributed by atoms with Crippen molar-refractivity contribution in [3.05, 3.63) is 64.7 Å². The number of hydrogen-bond acceptors (Lipinski definition) is 3. The SMILES string of the molecule is O=C(NCCCN1CCN(c2ccccc2F)CC1)c1c(F)cccc1Cl. The Hall–Kier alpha value is -2.18. The molecule has 0 radical (unpaired) electrons. The number of rotatable bonds is 6. The van der Waals surface area contributed by atoms with Gasteiger partial charge in [-0.05, 0) is 37.2 Å². The van der Waals surface area contributed by atoms with E-state index in [0.29, 0.717) is 12.2 Å². The maximum atomic E-state index is 13.9. The molecule has 1 heterocycles. The molecule has 1 aliphatic rings. The number of nitrogens with one attached hydrogen (secondary N) is 1. The van der Waals surface area contributed by atoms with Crippen LogP contribution in [0.5, 0.6) is 0 Å². The van der Waals surface area contributed by atoms with Gasteiger partial charge in [-0.15, -0.1) is 0 Å². The lowest BCUT2D eigenvalue weighted by molar-refractivity contribution is 0.0947. The van der Waals surface area contributed by atoms with E-state index in [0.717, 1.165) is 39.1 Å². The molecule has 0 saturated carbocycles. The van der Waals surface area contributed by atoms with E-state index >= 15 is 0 Å². The predicted molar refractivity (Wildman–Crippen MR) is 103 cm³/mol. The maximum absolute atomic E-state index is 13.9. The quantitative estimate of drug-likeness (QED) is 0.762. The van der Waals surface area contributed by atoms with Crippen molar-refractivity contribution < 1.29 is 13.6 Å². The number of hydrogen-bond donors (Lipinski definition) is 1. The van der Waals surface area contributed by atoms with E-state index in [2.05, 4.69) is 10.2 Å². The van der Waals surface area contributed by atoms with Gasteiger partial charge in [-0.1, -0.05) is 29.8 Å². The zero-order chi connectivity index (χ0) is 19.2. The molecule has 0 aromatic heterocycles. The van der Waals surface area contributed by atoms with Crippen molar-refractivity contribution >= 4 is 23.2 Å². The minimum Gasteiger partial charge on any atom is -0.367 e. The van der Waals surface area contributed by atoms with Crippen LogP contribution in [0.4, 0.5) is 14.5 Å². The minimum atomic E-state index is -0.621. The number of nitrogens with zero attached hydrogens (tertiary/aromatic N) is 2. The van der Waals surface area contributed by atoms with Crippen LogP contribution >= 0.6 is 11.6 Å². The molecule has 1 aliphatic heterocycles. The largest absolute Gasteiger partial charge is 0.367 e. The summed E-state index contributed by atoms with van der Waals surface area (Å²) >= 11 is 5.89. The van der Waals surface area contributed by atoms with Crippen LogP contribution in [-0.2, 0) is 0 Å². The molecule has 3 rings (SSSR count). The number of carbonyl (C=O) groups excluding carboxylic acids is 1. The van der Waals surface area contributed by atoms with Gasteiger partial charge >= 0.3 is 0 Å². The van der Waals surface area contributed by atoms with E-state index in [4.69, 9.17) is 11.6 Å². The number of halogens is 3. The number of amides is 1. The molecule has 2 aromatic rings. The monoisotopic (exact) mass is 393 g/mol. The minimum absolute atomic E-state index is 0.108. The van der Waals surface area contributed by atoms with E-state index in [-0.39, 0.29) is 16.4 Å². The average molecular weight is 394 g/mol. The summed E-state index contributed by atoms with van der Waals surface area (Å²) in [5.74, 6) is -1.31. The van der Waals surface area contributed by atoms with Gasteiger partial charge in [0.1, 0.15) is 11.6 Å². The Kier molecular flexibility index (Phi) is 6.63. The van der Waals surface area contributed by atoms with Crippen molar-refractivity contribution in [3.63, 3.8) is 0 Å². The summed E-state index contributed by atoms with van der Waals surface area (Å²) in [7, 11) is 0. The van der Waals surface area contributed by atoms with Crippen molar-refractivity contribution in [3.8, 4) is 0 Å². The van der Waals surface area contributed by atoms with Crippen LogP contribution in [0.2, 0.25) is 5.02 Å². The van der Waals surface area contributed by atoms with Crippen LogP contribution in [0, 0.1) is 11.6 Å². The second-order valence-corrected chi connectivity index (χ2v) is 6.89. The van der Waals surface area contributed by atoms with E-state index in [9.17, 15) is 13.6 Å². The Morgan fingerprint density at radius 3 is 2.41 bits per heavy atom. The number of carbonyl (C=O) groups is 1. The van der Waals surface area contributed by atoms with Crippen molar-refractivity contribution in [2.45, 2.75) is 6.42 Å². The number of anilines is 1. The molecule has 1 saturated heterocycles. The molecule has 0 atom stereocenters. The lowest BCUT2D eigenvalue weighted by Crippen LogP contribution is -2.47. The lowest BCUT2D eigenvalue weighted by Gasteiger charge is -2.36. The molecular weight excluding hydrogens is 372 g/mol. The van der Waals surface area contributed by atoms with Crippen molar-refractivity contribution in [1.29, 1.82) is 0 Å². The summed E-state index contributed by atoms with van der Waals surface area (Å²) in [6.07, 6.45) is 0.748. The first kappa shape index (κ1) is 19.6. The molecule has 1 fully saturated rings. The topological polar surface area (TPSA) is 35.6 Å². The van der Waals surface area contributed by atoms with Gasteiger partial charge in [0.2, 0.25) is 0 Å². The molecule has 1 amide bonds. The van der Waals surface area contributed by atoms with Crippen molar-refractivity contribution in [2.24, 2.45) is 0 Å². The third kappa shape index (κ3) is 4.96. The van der Waals surface area contributed by atoms with Gasteiger partial charge < -0.3 is 10.2 Å². The zero-order valence-electron chi connectivity index (χ0n) is 14.9. The van der Waals surface area contributed by atoms with Crippen molar-refractivity contribution in [1.82, 2.24) is 10.2 Å². The second kappa shape index (κ2) is 9.15. The molecule has 7 heteroatoms. The first-order valence-electron chi connectivity index (χ1n) is 9.00. The van der Waals surface area contributed by atoms with Crippen molar-refractivity contribution in [2.75, 3.05) is 44.2 Å². The summed E-state index contributed by atoms with van der Waals surface area (Å²) < 4.78 is 27.6. The summed E-state index contributed by atoms with van der Waals surface area (Å²) in [6.45, 7) is 4.45. The highest BCUT2D eigenvalue weighted by Crippen LogP contribution is 2.20. The smallest absolute Gasteiger partial charge is 0.255 e. The maximum Gasteiger partial charge on any atom is 0.255 e. The van der Waals surface area contributed by atoms with E-state index in [1.165, 1.54) is 24.3 Å². The average Bonchev–Trinajstić information content (AvgIpc) is 2.66. The highest BCUT2D eigenvalue weighted by atomic mass is 35.5. The molecular formula is C20H22ClF2N3O. The van der Waals surface area contributed by atoms with Crippen LogP contribution in [0.15, 0.2) is 42.5 Å². The third-order valence-electron chi connectivity index (χ3n) is 4.69. The number of piperazine rings is 1. The van der Waals surface area contributed by atoms with E-state index in [1.54, 1.807) is 12.1 Å². The summed E-state index contributed by atoms with van der Waals surface area (Å²) in [4.78, 5) is 16.4. The Labute approximate surface area is 162 Å². The fourth-order valence-corrected chi connectivity index (χ4v) is 3.48. The van der Waals surface area contributed by atoms with Crippen LogP contribution in [0.3, 0.4) is 0 Å². The molecule has 2 aromatic carbocycles. The normalized spacial score (nSPS) is 15.0. The molecule has 0 bridgehead atoms. The number of benzene rings is 2. The summed E-state index contributed by atoms with van der Waals surface area (Å²) in [6, 6.07) is 11.0. The van der Waals surface area contributed by atoms with Crippen LogP contribution in [0.25, 0.3) is 0 Å².